The highest BCUT2D eigenvalue weighted by Gasteiger charge is 2.21. The normalized spacial score (nSPS) is 11.5. The first-order valence-corrected chi connectivity index (χ1v) is 8.61. The van der Waals surface area contributed by atoms with Gasteiger partial charge in [-0.2, -0.15) is 18.5 Å². The van der Waals surface area contributed by atoms with Crippen LogP contribution in [0, 0.1) is 20.4 Å². The summed E-state index contributed by atoms with van der Waals surface area (Å²) in [6.07, 6.45) is 5.65. The zero-order valence-corrected chi connectivity index (χ0v) is 14.4. The van der Waals surface area contributed by atoms with Crippen LogP contribution in [-0.2, 0) is 0 Å². The Morgan fingerprint density at radius 1 is 1.00 bits per heavy atom. The fourth-order valence-electron chi connectivity index (χ4n) is 2.10. The Morgan fingerprint density at radius 2 is 1.56 bits per heavy atom. The van der Waals surface area contributed by atoms with Crippen molar-refractivity contribution in [2.45, 2.75) is 0 Å². The van der Waals surface area contributed by atoms with Crippen molar-refractivity contribution < 1.29 is 42.8 Å². The molecule has 0 amide bonds. The number of furan rings is 1. The summed E-state index contributed by atoms with van der Waals surface area (Å²) in [5.41, 5.74) is 1.70. The molecule has 140 valence electrons. The minimum Gasteiger partial charge on any atom is -0.394 e. The van der Waals surface area contributed by atoms with Crippen molar-refractivity contribution >= 4 is 17.7 Å². The van der Waals surface area contributed by atoms with Crippen molar-refractivity contribution in [2.75, 3.05) is 0 Å². The lowest BCUT2D eigenvalue weighted by molar-refractivity contribution is -1.92. The van der Waals surface area contributed by atoms with E-state index in [1.54, 1.807) is 6.07 Å². The number of hydrogen-bond donors (Lipinski definition) is 1. The molecule has 2 aromatic heterocycles. The van der Waals surface area contributed by atoms with Gasteiger partial charge >= 0.3 is 5.88 Å². The fourth-order valence-corrected chi connectivity index (χ4v) is 2.10. The summed E-state index contributed by atoms with van der Waals surface area (Å²) >= 11 is 0. The van der Waals surface area contributed by atoms with Gasteiger partial charge < -0.3 is 4.42 Å². The van der Waals surface area contributed by atoms with Crippen molar-refractivity contribution in [1.29, 1.82) is 0 Å². The summed E-state index contributed by atoms with van der Waals surface area (Å²) in [4.78, 5) is 10.3. The molecule has 0 fully saturated rings. The average molecular weight is 394 g/mol. The molecule has 3 rings (SSSR count). The van der Waals surface area contributed by atoms with Crippen LogP contribution < -0.4 is 18.5 Å². The molecular weight excluding hydrogens is 380 g/mol. The van der Waals surface area contributed by atoms with Crippen molar-refractivity contribution in [1.82, 2.24) is 0 Å². The van der Waals surface area contributed by atoms with E-state index in [4.69, 9.17) is 23.1 Å². The van der Waals surface area contributed by atoms with Crippen LogP contribution in [0.4, 0.5) is 5.88 Å². The molecular formula is C17H14ClN2O7+. The van der Waals surface area contributed by atoms with E-state index in [0.29, 0.717) is 5.76 Å². The Kier molecular flexibility index (Phi) is 6.77. The van der Waals surface area contributed by atoms with Crippen molar-refractivity contribution in [3.05, 3.63) is 94.5 Å². The molecule has 0 saturated carbocycles. The first-order chi connectivity index (χ1) is 12.7. The third kappa shape index (κ3) is 6.98. The van der Waals surface area contributed by atoms with E-state index < -0.39 is 15.2 Å². The first kappa shape index (κ1) is 20.2. The molecule has 3 aromatic rings. The largest absolute Gasteiger partial charge is 0.433 e. The summed E-state index contributed by atoms with van der Waals surface area (Å²) in [6.45, 7) is 0. The standard InChI is InChI=1S/C17H13N2O3.ClHO4/c20-19(21)17-10-9-16(22-17)15(18-11-5-2-6-12-18)13-14-7-3-1-4-8-14;2-1(3,4)5/h1-13H;(H,2,3,4,5)/q+1;/b15-13-;. The van der Waals surface area contributed by atoms with Gasteiger partial charge in [-0.15, -0.1) is 0 Å². The summed E-state index contributed by atoms with van der Waals surface area (Å²) in [5, 5.41) is 10.8. The van der Waals surface area contributed by atoms with Gasteiger partial charge in [0, 0.05) is 18.2 Å². The molecule has 0 unspecified atom stereocenters. The van der Waals surface area contributed by atoms with Gasteiger partial charge in [-0.25, -0.2) is 0 Å². The molecule has 0 atom stereocenters. The molecule has 0 radical (unpaired) electrons. The number of aromatic nitrogens is 1. The van der Waals surface area contributed by atoms with E-state index in [2.05, 4.69) is 0 Å². The third-order valence-corrected chi connectivity index (χ3v) is 3.12. The topological polar surface area (TPSA) is 150 Å². The average Bonchev–Trinajstić information content (AvgIpc) is 3.10. The molecule has 2 heterocycles. The van der Waals surface area contributed by atoms with Crippen LogP contribution in [0.15, 0.2) is 77.5 Å². The molecule has 10 heteroatoms. The first-order valence-electron chi connectivity index (χ1n) is 7.35. The van der Waals surface area contributed by atoms with Gasteiger partial charge in [0.25, 0.3) is 5.70 Å². The van der Waals surface area contributed by atoms with E-state index in [9.17, 15) is 10.1 Å². The smallest absolute Gasteiger partial charge is 0.394 e. The fraction of sp³-hybridized carbons (Fsp3) is 0. The number of nitro groups is 1. The molecule has 0 bridgehead atoms. The zero-order chi connectivity index (χ0) is 19.9. The molecule has 0 spiro atoms. The van der Waals surface area contributed by atoms with Crippen LogP contribution >= 0.6 is 0 Å². The SMILES string of the molecule is O=[N+]([O-])c1ccc(/C(=C/c2ccccc2)[n+]2ccccc2)o1.[O-][Cl+3]([O-])([O-])O. The van der Waals surface area contributed by atoms with Gasteiger partial charge in [0.05, 0.1) is 21.0 Å². The molecule has 27 heavy (non-hydrogen) atoms. The second kappa shape index (κ2) is 9.03. The minimum absolute atomic E-state index is 0.273. The molecule has 9 nitrogen and oxygen atoms in total. The van der Waals surface area contributed by atoms with Crippen molar-refractivity contribution in [3.8, 4) is 0 Å². The van der Waals surface area contributed by atoms with Crippen molar-refractivity contribution in [3.63, 3.8) is 0 Å². The number of hydrogen-bond acceptors (Lipinski definition) is 7. The lowest BCUT2D eigenvalue weighted by atomic mass is 10.1. The number of pyridine rings is 1. The number of halogens is 1. The summed E-state index contributed by atoms with van der Waals surface area (Å²) < 4.78 is 39.9. The molecule has 0 aliphatic rings. The summed E-state index contributed by atoms with van der Waals surface area (Å²) in [6, 6.07) is 18.4. The highest BCUT2D eigenvalue weighted by atomic mass is 35.7. The Morgan fingerprint density at radius 3 is 2.07 bits per heavy atom. The lowest BCUT2D eigenvalue weighted by Gasteiger charge is -2.03. The maximum atomic E-state index is 10.8. The second-order valence-corrected chi connectivity index (χ2v) is 5.81. The molecule has 0 aliphatic heterocycles. The van der Waals surface area contributed by atoms with E-state index in [1.807, 2.05) is 71.6 Å². The number of benzene rings is 1. The highest BCUT2D eigenvalue weighted by Crippen LogP contribution is 2.22. The summed E-state index contributed by atoms with van der Waals surface area (Å²) in [5.74, 6) is 0.164. The molecule has 0 aliphatic carbocycles. The number of nitrogens with zero attached hydrogens (tertiary/aromatic N) is 2. The molecule has 1 aromatic carbocycles. The third-order valence-electron chi connectivity index (χ3n) is 3.12. The van der Waals surface area contributed by atoms with Crippen LogP contribution in [0.3, 0.4) is 0 Å². The van der Waals surface area contributed by atoms with Crippen LogP contribution in [0.25, 0.3) is 11.8 Å². The van der Waals surface area contributed by atoms with Gasteiger partial charge in [0.1, 0.15) is 4.92 Å². The second-order valence-electron chi connectivity index (χ2n) is 5.01. The quantitative estimate of drug-likeness (QED) is 0.353. The lowest BCUT2D eigenvalue weighted by Crippen LogP contribution is -2.58. The monoisotopic (exact) mass is 393 g/mol. The Hall–Kier alpha value is -3.08. The van der Waals surface area contributed by atoms with E-state index in [0.717, 1.165) is 11.3 Å². The van der Waals surface area contributed by atoms with Crippen LogP contribution in [0.2, 0.25) is 0 Å². The molecule has 1 N–H and O–H groups in total. The predicted octanol–water partition coefficient (Wildman–Crippen LogP) is -0.602. The van der Waals surface area contributed by atoms with Crippen LogP contribution in [-0.4, -0.2) is 9.58 Å². The van der Waals surface area contributed by atoms with Gasteiger partial charge in [-0.05, 0) is 11.6 Å². The highest BCUT2D eigenvalue weighted by molar-refractivity contribution is 5.74. The summed E-state index contributed by atoms with van der Waals surface area (Å²) in [7, 11) is -4.69. The number of rotatable bonds is 4. The Balaban J connectivity index is 0.000000465. The van der Waals surface area contributed by atoms with E-state index in [-0.39, 0.29) is 5.88 Å². The maximum absolute atomic E-state index is 10.8. The van der Waals surface area contributed by atoms with Gasteiger partial charge in [-0.1, -0.05) is 36.4 Å². The van der Waals surface area contributed by atoms with E-state index in [1.165, 1.54) is 6.07 Å². The van der Waals surface area contributed by atoms with Gasteiger partial charge in [0.15, 0.2) is 12.4 Å². The Labute approximate surface area is 155 Å². The zero-order valence-electron chi connectivity index (χ0n) is 13.7. The van der Waals surface area contributed by atoms with Gasteiger partial charge in [0.2, 0.25) is 5.76 Å². The minimum atomic E-state index is -4.69. The Bertz CT molecular complexity index is 900. The van der Waals surface area contributed by atoms with E-state index >= 15 is 0 Å². The van der Waals surface area contributed by atoms with Crippen molar-refractivity contribution in [2.24, 2.45) is 0 Å². The van der Waals surface area contributed by atoms with Gasteiger partial charge in [-0.3, -0.25) is 10.1 Å². The van der Waals surface area contributed by atoms with Crippen LogP contribution in [0.1, 0.15) is 11.3 Å². The van der Waals surface area contributed by atoms with Crippen LogP contribution in [0.5, 0.6) is 0 Å². The molecule has 0 saturated heterocycles. The predicted molar refractivity (Wildman–Crippen MR) is 83.9 cm³/mol. The maximum Gasteiger partial charge on any atom is 0.433 e.